The molecule has 1 fully saturated rings. The van der Waals surface area contributed by atoms with Crippen molar-refractivity contribution >= 4 is 27.7 Å². The molecule has 6 heteroatoms. The van der Waals surface area contributed by atoms with Crippen molar-refractivity contribution in [1.82, 2.24) is 10.2 Å². The number of halogens is 2. The van der Waals surface area contributed by atoms with Gasteiger partial charge in [0.15, 0.2) is 0 Å². The molecule has 2 amide bonds. The number of hydrogen-bond donors (Lipinski definition) is 1. The topological polar surface area (TPSA) is 49.4 Å². The lowest BCUT2D eigenvalue weighted by Crippen LogP contribution is -2.66. The van der Waals surface area contributed by atoms with E-state index < -0.39 is 11.6 Å². The second-order valence-corrected chi connectivity index (χ2v) is 6.42. The van der Waals surface area contributed by atoms with Crippen LogP contribution in [0.2, 0.25) is 0 Å². The van der Waals surface area contributed by atoms with Gasteiger partial charge in [0, 0.05) is 11.0 Å². The van der Waals surface area contributed by atoms with Crippen LogP contribution in [0, 0.1) is 5.82 Å². The van der Waals surface area contributed by atoms with Gasteiger partial charge in [-0.3, -0.25) is 9.59 Å². The molecule has 0 saturated carbocycles. The van der Waals surface area contributed by atoms with E-state index in [9.17, 15) is 14.0 Å². The molecule has 0 radical (unpaired) electrons. The number of amides is 2. The zero-order valence-electron chi connectivity index (χ0n) is 11.5. The van der Waals surface area contributed by atoms with Crippen molar-refractivity contribution < 1.29 is 14.0 Å². The second-order valence-electron chi connectivity index (χ2n) is 5.50. The molecule has 0 aromatic heterocycles. The molecule has 1 aromatic carbocycles. The Morgan fingerprint density at radius 2 is 2.00 bits per heavy atom. The average molecular weight is 343 g/mol. The number of nitrogens with zero attached hydrogens (tertiary/aromatic N) is 1. The van der Waals surface area contributed by atoms with E-state index in [1.807, 2.05) is 0 Å². The standard InChI is InChI=1S/C14H16BrFN2O2/c1-8-12(19)17-14(2,3)13(20)18(8)7-9-4-10(15)6-11(16)5-9/h4-6,8H,7H2,1-3H3,(H,17,19). The van der Waals surface area contributed by atoms with Gasteiger partial charge in [0.25, 0.3) is 0 Å². The number of hydrogen-bond acceptors (Lipinski definition) is 2. The summed E-state index contributed by atoms with van der Waals surface area (Å²) < 4.78 is 14.0. The van der Waals surface area contributed by atoms with Crippen LogP contribution in [0.3, 0.4) is 0 Å². The summed E-state index contributed by atoms with van der Waals surface area (Å²) in [7, 11) is 0. The third-order valence-electron chi connectivity index (χ3n) is 3.35. The fourth-order valence-electron chi connectivity index (χ4n) is 2.25. The van der Waals surface area contributed by atoms with Gasteiger partial charge in [0.2, 0.25) is 11.8 Å². The molecule has 2 rings (SSSR count). The van der Waals surface area contributed by atoms with Crippen LogP contribution in [-0.4, -0.2) is 28.3 Å². The SMILES string of the molecule is CC1C(=O)NC(C)(C)C(=O)N1Cc1cc(F)cc(Br)c1. The van der Waals surface area contributed by atoms with Crippen LogP contribution in [0.5, 0.6) is 0 Å². The highest BCUT2D eigenvalue weighted by Gasteiger charge is 2.43. The normalized spacial score (nSPS) is 21.9. The zero-order valence-corrected chi connectivity index (χ0v) is 13.1. The van der Waals surface area contributed by atoms with Crippen LogP contribution in [0.25, 0.3) is 0 Å². The predicted octanol–water partition coefficient (Wildman–Crippen LogP) is 2.21. The van der Waals surface area contributed by atoms with Gasteiger partial charge in [-0.05, 0) is 44.5 Å². The largest absolute Gasteiger partial charge is 0.340 e. The van der Waals surface area contributed by atoms with Crippen molar-refractivity contribution in [2.24, 2.45) is 0 Å². The van der Waals surface area contributed by atoms with E-state index in [-0.39, 0.29) is 24.2 Å². The molecule has 1 atom stereocenters. The monoisotopic (exact) mass is 342 g/mol. The van der Waals surface area contributed by atoms with Crippen molar-refractivity contribution in [3.63, 3.8) is 0 Å². The summed E-state index contributed by atoms with van der Waals surface area (Å²) in [4.78, 5) is 25.8. The molecule has 1 aliphatic heterocycles. The van der Waals surface area contributed by atoms with E-state index in [4.69, 9.17) is 0 Å². The summed E-state index contributed by atoms with van der Waals surface area (Å²) in [6.45, 7) is 5.19. The lowest BCUT2D eigenvalue weighted by atomic mass is 9.97. The van der Waals surface area contributed by atoms with Crippen LogP contribution in [-0.2, 0) is 16.1 Å². The first-order chi connectivity index (χ1) is 9.20. The Kier molecular flexibility index (Phi) is 3.86. The van der Waals surface area contributed by atoms with Crippen LogP contribution in [0.15, 0.2) is 22.7 Å². The third-order valence-corrected chi connectivity index (χ3v) is 3.81. The lowest BCUT2D eigenvalue weighted by molar-refractivity contribution is -0.153. The molecule has 1 aromatic rings. The maximum Gasteiger partial charge on any atom is 0.248 e. The number of carbonyl (C=O) groups excluding carboxylic acids is 2. The van der Waals surface area contributed by atoms with Gasteiger partial charge in [-0.2, -0.15) is 0 Å². The minimum atomic E-state index is -0.936. The van der Waals surface area contributed by atoms with Gasteiger partial charge < -0.3 is 10.2 Å². The number of nitrogens with one attached hydrogen (secondary N) is 1. The first-order valence-corrected chi connectivity index (χ1v) is 7.08. The van der Waals surface area contributed by atoms with Gasteiger partial charge in [0.05, 0.1) is 0 Å². The van der Waals surface area contributed by atoms with Crippen molar-refractivity contribution in [3.05, 3.63) is 34.1 Å². The Labute approximate surface area is 125 Å². The molecule has 1 N–H and O–H groups in total. The summed E-state index contributed by atoms with van der Waals surface area (Å²) >= 11 is 3.22. The fourth-order valence-corrected chi connectivity index (χ4v) is 2.76. The summed E-state index contributed by atoms with van der Waals surface area (Å²) in [6, 6.07) is 3.88. The molecule has 1 saturated heterocycles. The number of rotatable bonds is 2. The Morgan fingerprint density at radius 3 is 2.60 bits per heavy atom. The van der Waals surface area contributed by atoms with Gasteiger partial charge in [-0.15, -0.1) is 0 Å². The van der Waals surface area contributed by atoms with Crippen molar-refractivity contribution in [1.29, 1.82) is 0 Å². The molecule has 1 unspecified atom stereocenters. The van der Waals surface area contributed by atoms with Crippen LogP contribution < -0.4 is 5.32 Å². The van der Waals surface area contributed by atoms with Gasteiger partial charge in [-0.25, -0.2) is 4.39 Å². The number of carbonyl (C=O) groups is 2. The number of piperazine rings is 1. The molecule has 1 heterocycles. The highest BCUT2D eigenvalue weighted by atomic mass is 79.9. The molecule has 0 aliphatic carbocycles. The molecular formula is C14H16BrFN2O2. The molecule has 108 valence electrons. The molecule has 4 nitrogen and oxygen atoms in total. The van der Waals surface area contributed by atoms with E-state index in [1.54, 1.807) is 26.8 Å². The van der Waals surface area contributed by atoms with E-state index >= 15 is 0 Å². The Balaban J connectivity index is 2.30. The quantitative estimate of drug-likeness (QED) is 0.895. The summed E-state index contributed by atoms with van der Waals surface area (Å²) in [5.74, 6) is -0.759. The van der Waals surface area contributed by atoms with Crippen molar-refractivity contribution in [2.45, 2.75) is 38.9 Å². The molecular weight excluding hydrogens is 327 g/mol. The minimum Gasteiger partial charge on any atom is -0.340 e. The first kappa shape index (κ1) is 15.0. The van der Waals surface area contributed by atoms with Crippen molar-refractivity contribution in [3.8, 4) is 0 Å². The zero-order chi connectivity index (χ0) is 15.1. The predicted molar refractivity (Wildman–Crippen MR) is 76.3 cm³/mol. The van der Waals surface area contributed by atoms with Gasteiger partial charge in [-0.1, -0.05) is 15.9 Å². The minimum absolute atomic E-state index is 0.176. The Morgan fingerprint density at radius 1 is 1.35 bits per heavy atom. The Hall–Kier alpha value is -1.43. The third kappa shape index (κ3) is 2.85. The smallest absolute Gasteiger partial charge is 0.248 e. The van der Waals surface area contributed by atoms with E-state index in [1.165, 1.54) is 17.0 Å². The lowest BCUT2D eigenvalue weighted by Gasteiger charge is -2.41. The maximum absolute atomic E-state index is 13.4. The van der Waals surface area contributed by atoms with Gasteiger partial charge >= 0.3 is 0 Å². The highest BCUT2D eigenvalue weighted by molar-refractivity contribution is 9.10. The molecule has 0 spiro atoms. The molecule has 1 aliphatic rings. The maximum atomic E-state index is 13.4. The highest BCUT2D eigenvalue weighted by Crippen LogP contribution is 2.22. The summed E-state index contributed by atoms with van der Waals surface area (Å²) in [6.07, 6.45) is 0. The summed E-state index contributed by atoms with van der Waals surface area (Å²) in [5, 5.41) is 2.68. The van der Waals surface area contributed by atoms with E-state index in [0.717, 1.165) is 0 Å². The first-order valence-electron chi connectivity index (χ1n) is 6.29. The Bertz CT molecular complexity index is 554. The second kappa shape index (κ2) is 5.16. The van der Waals surface area contributed by atoms with Crippen LogP contribution in [0.4, 0.5) is 4.39 Å². The summed E-state index contributed by atoms with van der Waals surface area (Å²) in [5.41, 5.74) is -0.295. The molecule has 0 bridgehead atoms. The molecule has 20 heavy (non-hydrogen) atoms. The fraction of sp³-hybridized carbons (Fsp3) is 0.429. The van der Waals surface area contributed by atoms with E-state index in [0.29, 0.717) is 10.0 Å². The van der Waals surface area contributed by atoms with Gasteiger partial charge in [0.1, 0.15) is 17.4 Å². The van der Waals surface area contributed by atoms with Crippen LogP contribution in [0.1, 0.15) is 26.3 Å². The van der Waals surface area contributed by atoms with E-state index in [2.05, 4.69) is 21.2 Å². The average Bonchev–Trinajstić information content (AvgIpc) is 2.31. The van der Waals surface area contributed by atoms with Crippen LogP contribution >= 0.6 is 15.9 Å². The number of benzene rings is 1. The van der Waals surface area contributed by atoms with Crippen molar-refractivity contribution in [2.75, 3.05) is 0 Å².